The lowest BCUT2D eigenvalue weighted by Crippen LogP contribution is -2.44. The fourth-order valence-corrected chi connectivity index (χ4v) is 5.72. The first kappa shape index (κ1) is 23.6. The lowest BCUT2D eigenvalue weighted by molar-refractivity contribution is 0.0929. The van der Waals surface area contributed by atoms with Gasteiger partial charge in [0, 0.05) is 39.3 Å². The molecule has 0 saturated heterocycles. The van der Waals surface area contributed by atoms with Crippen LogP contribution < -0.4 is 15.1 Å². The van der Waals surface area contributed by atoms with Gasteiger partial charge in [0.05, 0.1) is 23.3 Å². The minimum absolute atomic E-state index is 0.0857. The number of nitrogens with zero attached hydrogens (tertiary/aromatic N) is 2. The van der Waals surface area contributed by atoms with E-state index in [-0.39, 0.29) is 11.3 Å². The molecule has 1 amide bonds. The quantitative estimate of drug-likeness (QED) is 0.270. The summed E-state index contributed by atoms with van der Waals surface area (Å²) < 4.78 is 13.0. The summed E-state index contributed by atoms with van der Waals surface area (Å²) in [5.74, 6) is 0.434. The summed E-state index contributed by atoms with van der Waals surface area (Å²) in [6.07, 6.45) is 3.86. The van der Waals surface area contributed by atoms with Crippen LogP contribution in [0.15, 0.2) is 54.9 Å². The monoisotopic (exact) mass is 573 g/mol. The number of carbonyl (C=O) groups excluding carboxylic acids is 1. The number of benzene rings is 2. The van der Waals surface area contributed by atoms with Gasteiger partial charge in [-0.1, -0.05) is 22.0 Å². The van der Waals surface area contributed by atoms with Gasteiger partial charge in [0.25, 0.3) is 0 Å². The third-order valence-electron chi connectivity index (χ3n) is 5.77. The average Bonchev–Trinajstić information content (AvgIpc) is 3.17. The van der Waals surface area contributed by atoms with E-state index in [1.54, 1.807) is 19.4 Å². The van der Waals surface area contributed by atoms with Crippen LogP contribution in [0.5, 0.6) is 5.75 Å². The van der Waals surface area contributed by atoms with Crippen LogP contribution in [0.1, 0.15) is 49.4 Å². The minimum atomic E-state index is -0.433. The second-order valence-corrected chi connectivity index (χ2v) is 10.2. The number of allylic oxidation sites excluding steroid dienone is 1. The Hall–Kier alpha value is -2.58. The molecule has 172 valence electrons. The van der Waals surface area contributed by atoms with Gasteiger partial charge in [-0.25, -0.2) is 5.43 Å². The molecule has 1 aliphatic rings. The first-order chi connectivity index (χ1) is 15.6. The predicted octanol–water partition coefficient (Wildman–Crippen LogP) is 6.75. The Balaban J connectivity index is 1.60. The predicted molar refractivity (Wildman–Crippen MR) is 140 cm³/mol. The minimum Gasteiger partial charge on any atom is -0.496 e. The molecule has 0 fully saturated rings. The number of anilines is 1. The summed E-state index contributed by atoms with van der Waals surface area (Å²) in [4.78, 5) is 14.9. The maximum atomic E-state index is 12.6. The van der Waals surface area contributed by atoms with Gasteiger partial charge in [-0.05, 0) is 73.5 Å². The van der Waals surface area contributed by atoms with Crippen molar-refractivity contribution in [2.24, 2.45) is 5.10 Å². The Morgan fingerprint density at radius 3 is 2.70 bits per heavy atom. The molecule has 4 rings (SSSR count). The van der Waals surface area contributed by atoms with E-state index in [1.165, 1.54) is 5.57 Å². The van der Waals surface area contributed by atoms with Gasteiger partial charge in [-0.3, -0.25) is 4.79 Å². The summed E-state index contributed by atoms with van der Waals surface area (Å²) in [5.41, 5.74) is 7.28. The van der Waals surface area contributed by atoms with E-state index in [9.17, 15) is 4.79 Å². The van der Waals surface area contributed by atoms with Crippen LogP contribution in [0.3, 0.4) is 0 Å². The van der Waals surface area contributed by atoms with Crippen LogP contribution in [0.4, 0.5) is 5.69 Å². The number of halogens is 2. The van der Waals surface area contributed by atoms with Gasteiger partial charge in [-0.2, -0.15) is 5.10 Å². The Labute approximate surface area is 209 Å². The third-order valence-corrected chi connectivity index (χ3v) is 6.82. The first-order valence-electron chi connectivity index (χ1n) is 10.6. The van der Waals surface area contributed by atoms with Gasteiger partial charge in [-0.15, -0.1) is 0 Å². The van der Waals surface area contributed by atoms with Crippen LogP contribution in [-0.4, -0.2) is 31.3 Å². The number of fused-ring (bicyclic) bond motifs is 2. The number of nitrogens with one attached hydrogen (secondary N) is 1. The van der Waals surface area contributed by atoms with Crippen molar-refractivity contribution in [1.82, 2.24) is 5.43 Å². The van der Waals surface area contributed by atoms with E-state index in [1.807, 2.05) is 24.3 Å². The van der Waals surface area contributed by atoms with Gasteiger partial charge in [0.1, 0.15) is 11.3 Å². The molecule has 2 heterocycles. The molecule has 0 saturated carbocycles. The van der Waals surface area contributed by atoms with Crippen molar-refractivity contribution in [3.05, 3.63) is 62.2 Å². The molecular formula is C25H25Br2N3O3. The van der Waals surface area contributed by atoms with Crippen LogP contribution in [0.2, 0.25) is 0 Å². The highest BCUT2D eigenvalue weighted by Gasteiger charge is 2.31. The van der Waals surface area contributed by atoms with Gasteiger partial charge < -0.3 is 14.1 Å². The maximum Gasteiger partial charge on any atom is 0.307 e. The van der Waals surface area contributed by atoms with Crippen molar-refractivity contribution in [3.8, 4) is 5.75 Å². The standard InChI is InChI=1S/C25H25Br2N3O3/c1-6-30-20-11-21(32-5)16(8-18(20)14(2)12-25(30,3)4)13-28-29-24(31)22-9-15-7-17(26)10-19(27)23(15)33-22/h7-13H,6H2,1-5H3,(H,29,31)/b28-13-. The molecule has 2 aromatic carbocycles. The summed E-state index contributed by atoms with van der Waals surface area (Å²) in [6, 6.07) is 9.52. The van der Waals surface area contributed by atoms with Gasteiger partial charge in [0.15, 0.2) is 5.76 Å². The molecule has 8 heteroatoms. The number of hydrazone groups is 1. The number of methoxy groups -OCH3 is 1. The summed E-state index contributed by atoms with van der Waals surface area (Å²) in [7, 11) is 1.63. The second kappa shape index (κ2) is 8.99. The number of rotatable bonds is 5. The molecule has 6 nitrogen and oxygen atoms in total. The fourth-order valence-electron chi connectivity index (χ4n) is 4.38. The van der Waals surface area contributed by atoms with Crippen LogP contribution in [-0.2, 0) is 0 Å². The third kappa shape index (κ3) is 4.46. The number of hydrogen-bond acceptors (Lipinski definition) is 5. The highest BCUT2D eigenvalue weighted by molar-refractivity contribution is 9.11. The Bertz CT molecular complexity index is 1310. The van der Waals surface area contributed by atoms with Crippen molar-refractivity contribution >= 4 is 66.2 Å². The zero-order valence-electron chi connectivity index (χ0n) is 19.1. The summed E-state index contributed by atoms with van der Waals surface area (Å²) in [6.45, 7) is 9.54. The fraction of sp³-hybridized carbons (Fsp3) is 0.280. The summed E-state index contributed by atoms with van der Waals surface area (Å²) in [5, 5.41) is 4.97. The smallest absolute Gasteiger partial charge is 0.307 e. The number of ether oxygens (including phenoxy) is 1. The van der Waals surface area contributed by atoms with E-state index in [4.69, 9.17) is 9.15 Å². The van der Waals surface area contributed by atoms with E-state index < -0.39 is 5.91 Å². The second-order valence-electron chi connectivity index (χ2n) is 8.45. The highest BCUT2D eigenvalue weighted by Crippen LogP contribution is 2.41. The van der Waals surface area contributed by atoms with Crippen LogP contribution in [0.25, 0.3) is 16.5 Å². The topological polar surface area (TPSA) is 67.1 Å². The molecule has 0 spiro atoms. The number of furan rings is 1. The lowest BCUT2D eigenvalue weighted by atomic mass is 9.88. The average molecular weight is 575 g/mol. The number of hydrogen-bond donors (Lipinski definition) is 1. The normalized spacial score (nSPS) is 15.0. The molecular weight excluding hydrogens is 550 g/mol. The molecule has 3 aromatic rings. The lowest BCUT2D eigenvalue weighted by Gasteiger charge is -2.43. The maximum absolute atomic E-state index is 12.6. The number of carbonyl (C=O) groups is 1. The SMILES string of the molecule is CCN1c2cc(OC)c(/C=N\NC(=O)c3cc4cc(Br)cc(Br)c4o3)cc2C(C)=CC1(C)C. The van der Waals surface area contributed by atoms with Crippen molar-refractivity contribution < 1.29 is 13.9 Å². The Kier molecular flexibility index (Phi) is 6.42. The van der Waals surface area contributed by atoms with E-state index in [0.717, 1.165) is 37.7 Å². The van der Waals surface area contributed by atoms with Crippen molar-refractivity contribution in [2.45, 2.75) is 33.2 Å². The molecule has 0 unspecified atom stereocenters. The zero-order valence-corrected chi connectivity index (χ0v) is 22.3. The Morgan fingerprint density at radius 2 is 2.00 bits per heavy atom. The largest absolute Gasteiger partial charge is 0.496 e. The number of likely N-dealkylation sites (N-methyl/N-ethyl adjacent to an activating group) is 1. The van der Waals surface area contributed by atoms with Crippen LogP contribution >= 0.6 is 31.9 Å². The zero-order chi connectivity index (χ0) is 23.9. The molecule has 1 N–H and O–H groups in total. The van der Waals surface area contributed by atoms with Gasteiger partial charge >= 0.3 is 5.91 Å². The number of amides is 1. The molecule has 0 bridgehead atoms. The first-order valence-corrected chi connectivity index (χ1v) is 12.1. The Morgan fingerprint density at radius 1 is 1.24 bits per heavy atom. The molecule has 33 heavy (non-hydrogen) atoms. The molecule has 1 aromatic heterocycles. The van der Waals surface area contributed by atoms with E-state index in [0.29, 0.717) is 11.3 Å². The van der Waals surface area contributed by atoms with Gasteiger partial charge in [0.2, 0.25) is 0 Å². The van der Waals surface area contributed by atoms with Crippen molar-refractivity contribution in [3.63, 3.8) is 0 Å². The van der Waals surface area contributed by atoms with Crippen molar-refractivity contribution in [2.75, 3.05) is 18.6 Å². The molecule has 0 atom stereocenters. The van der Waals surface area contributed by atoms with E-state index in [2.05, 4.69) is 81.1 Å². The molecule has 1 aliphatic heterocycles. The highest BCUT2D eigenvalue weighted by atomic mass is 79.9. The molecule has 0 radical (unpaired) electrons. The summed E-state index contributed by atoms with van der Waals surface area (Å²) >= 11 is 6.89. The van der Waals surface area contributed by atoms with Crippen molar-refractivity contribution in [1.29, 1.82) is 0 Å². The van der Waals surface area contributed by atoms with Crippen LogP contribution in [0, 0.1) is 0 Å². The van der Waals surface area contributed by atoms with E-state index >= 15 is 0 Å². The molecule has 0 aliphatic carbocycles.